The standard InChI is InChI=1S/C43H54N2O9SSi/c1-29-27-45(40(47)44-39(29)46)38-26-36(54-56(6,7)42(2,3)4)37(51-38)28-50-41(48)52-34-20-14-15-21-35(34)53-55-43(30-16-10-8-11-17-30,31-18-12-9-13-19-31)32-22-24-33(49-5)25-23-32/h8-13,16-19,22-25,27,34-38H,14-15,20-21,26,28H2,1-7H3,(H,44,46,47)/t34-,35-,36+,37-,38-/m1/s1. The van der Waals surface area contributed by atoms with Crippen molar-refractivity contribution in [3.63, 3.8) is 0 Å². The number of methoxy groups -OCH3 is 1. The van der Waals surface area contributed by atoms with Gasteiger partial charge in [0.25, 0.3) is 5.56 Å². The normalized spacial score (nSPS) is 21.7. The molecule has 300 valence electrons. The molecule has 2 heterocycles. The smallest absolute Gasteiger partial charge is 0.497 e. The minimum absolute atomic E-state index is 0.0964. The van der Waals surface area contributed by atoms with E-state index >= 15 is 0 Å². The highest BCUT2D eigenvalue weighted by molar-refractivity contribution is 7.96. The summed E-state index contributed by atoms with van der Waals surface area (Å²) in [6.07, 6.45) is 1.37. The van der Waals surface area contributed by atoms with Gasteiger partial charge in [-0.3, -0.25) is 14.3 Å². The second-order valence-electron chi connectivity index (χ2n) is 16.1. The van der Waals surface area contributed by atoms with Crippen LogP contribution in [-0.2, 0) is 27.6 Å². The highest BCUT2D eigenvalue weighted by Gasteiger charge is 2.46. The first kappa shape index (κ1) is 41.5. The Morgan fingerprint density at radius 2 is 1.46 bits per heavy atom. The van der Waals surface area contributed by atoms with E-state index in [1.165, 1.54) is 22.8 Å². The van der Waals surface area contributed by atoms with Gasteiger partial charge >= 0.3 is 11.8 Å². The number of nitrogens with one attached hydrogen (secondary N) is 1. The zero-order chi connectivity index (χ0) is 40.1. The summed E-state index contributed by atoms with van der Waals surface area (Å²) in [6, 6.07) is 28.6. The lowest BCUT2D eigenvalue weighted by molar-refractivity contribution is -0.0732. The van der Waals surface area contributed by atoms with Crippen molar-refractivity contribution in [2.45, 2.75) is 113 Å². The van der Waals surface area contributed by atoms with Crippen molar-refractivity contribution < 1.29 is 32.4 Å². The average molecular weight is 803 g/mol. The second kappa shape index (κ2) is 17.6. The van der Waals surface area contributed by atoms with Gasteiger partial charge in [0.15, 0.2) is 8.32 Å². The first-order valence-corrected chi connectivity index (χ1v) is 23.0. The minimum atomic E-state index is -2.30. The summed E-state index contributed by atoms with van der Waals surface area (Å²) in [7, 11) is -0.649. The van der Waals surface area contributed by atoms with Crippen molar-refractivity contribution in [2.75, 3.05) is 13.7 Å². The summed E-state index contributed by atoms with van der Waals surface area (Å²) in [5.74, 6) is 0.755. The lowest BCUT2D eigenvalue weighted by Crippen LogP contribution is -2.46. The molecule has 1 aliphatic heterocycles. The Morgan fingerprint density at radius 1 is 0.875 bits per heavy atom. The zero-order valence-electron chi connectivity index (χ0n) is 33.3. The van der Waals surface area contributed by atoms with Crippen LogP contribution in [0.1, 0.15) is 81.4 Å². The van der Waals surface area contributed by atoms with Gasteiger partial charge in [-0.2, -0.15) is 0 Å². The molecular weight excluding hydrogens is 749 g/mol. The Bertz CT molecular complexity index is 1990. The van der Waals surface area contributed by atoms with E-state index in [2.05, 4.69) is 75.2 Å². The topological polar surface area (TPSA) is 127 Å². The number of ether oxygens (including phenoxy) is 4. The van der Waals surface area contributed by atoms with E-state index in [4.69, 9.17) is 27.6 Å². The minimum Gasteiger partial charge on any atom is -0.497 e. The average Bonchev–Trinajstić information content (AvgIpc) is 3.58. The van der Waals surface area contributed by atoms with Crippen molar-refractivity contribution in [1.29, 1.82) is 0 Å². The van der Waals surface area contributed by atoms with Crippen LogP contribution in [0.5, 0.6) is 5.75 Å². The Kier molecular flexibility index (Phi) is 13.0. The Hall–Kier alpha value is -4.14. The molecule has 5 atom stereocenters. The van der Waals surface area contributed by atoms with Crippen LogP contribution in [-0.4, -0.2) is 62.2 Å². The van der Waals surface area contributed by atoms with Crippen molar-refractivity contribution in [3.8, 4) is 5.75 Å². The molecule has 1 N–H and O–H groups in total. The fourth-order valence-electron chi connectivity index (χ4n) is 7.07. The van der Waals surface area contributed by atoms with Crippen LogP contribution in [0.25, 0.3) is 0 Å². The lowest BCUT2D eigenvalue weighted by Gasteiger charge is -2.39. The molecular formula is C43H54N2O9SSi. The molecule has 0 unspecified atom stereocenters. The summed E-state index contributed by atoms with van der Waals surface area (Å²) in [5, 5.41) is -0.0964. The molecule has 1 aromatic heterocycles. The maximum absolute atomic E-state index is 13.5. The Morgan fingerprint density at radius 3 is 2.05 bits per heavy atom. The van der Waals surface area contributed by atoms with E-state index < -0.39 is 61.1 Å². The first-order valence-electron chi connectivity index (χ1n) is 19.3. The fourth-order valence-corrected chi connectivity index (χ4v) is 9.61. The molecule has 2 fully saturated rings. The van der Waals surface area contributed by atoms with Crippen LogP contribution in [0, 0.1) is 6.92 Å². The van der Waals surface area contributed by atoms with Crippen molar-refractivity contribution >= 4 is 26.5 Å². The molecule has 0 amide bonds. The van der Waals surface area contributed by atoms with E-state index in [0.29, 0.717) is 24.8 Å². The molecule has 3 aromatic carbocycles. The third kappa shape index (κ3) is 9.18. The molecule has 13 heteroatoms. The van der Waals surface area contributed by atoms with E-state index in [1.54, 1.807) is 14.0 Å². The molecule has 6 rings (SSSR count). The van der Waals surface area contributed by atoms with Crippen LogP contribution >= 0.6 is 12.0 Å². The highest BCUT2D eigenvalue weighted by Crippen LogP contribution is 2.50. The maximum Gasteiger partial charge on any atom is 0.508 e. The highest BCUT2D eigenvalue weighted by atomic mass is 32.2. The molecule has 1 saturated carbocycles. The SMILES string of the molecule is COc1ccc(C(SO[C@@H]2CCCC[C@H]2OC(=O)OC[C@H]2O[C@@H](n3cc(C)c(=O)[nH]c3=O)C[C@@H]2O[Si](C)(C)C(C)(C)C)(c2ccccc2)c2ccccc2)cc1. The molecule has 0 radical (unpaired) electrons. The number of carbonyl (C=O) groups excluding carboxylic acids is 1. The summed E-state index contributed by atoms with van der Waals surface area (Å²) in [5.41, 5.74) is 2.45. The predicted molar refractivity (Wildman–Crippen MR) is 220 cm³/mol. The molecule has 1 saturated heterocycles. The zero-order valence-corrected chi connectivity index (χ0v) is 35.1. The number of H-pyrrole nitrogens is 1. The molecule has 0 bridgehead atoms. The summed E-state index contributed by atoms with van der Waals surface area (Å²) in [6.45, 7) is 12.2. The van der Waals surface area contributed by atoms with E-state index in [-0.39, 0.29) is 11.6 Å². The van der Waals surface area contributed by atoms with Gasteiger partial charge in [-0.1, -0.05) is 100.0 Å². The van der Waals surface area contributed by atoms with Gasteiger partial charge in [0.05, 0.1) is 13.2 Å². The van der Waals surface area contributed by atoms with Crippen LogP contribution in [0.15, 0.2) is 101 Å². The van der Waals surface area contributed by atoms with Crippen molar-refractivity contribution in [3.05, 3.63) is 134 Å². The summed E-state index contributed by atoms with van der Waals surface area (Å²) >= 11 is 1.37. The number of rotatable bonds is 13. The predicted octanol–water partition coefficient (Wildman–Crippen LogP) is 8.65. The fraction of sp³-hybridized carbons (Fsp3) is 0.465. The van der Waals surface area contributed by atoms with Crippen molar-refractivity contribution in [1.82, 2.24) is 9.55 Å². The number of benzene rings is 3. The quantitative estimate of drug-likeness (QED) is 0.0608. The third-order valence-electron chi connectivity index (χ3n) is 11.3. The van der Waals surface area contributed by atoms with Gasteiger partial charge < -0.3 is 27.6 Å². The molecule has 2 aliphatic rings. The molecule has 56 heavy (non-hydrogen) atoms. The number of aromatic amines is 1. The molecule has 11 nitrogen and oxygen atoms in total. The number of carbonyl (C=O) groups is 1. The van der Waals surface area contributed by atoms with E-state index in [1.807, 2.05) is 48.5 Å². The van der Waals surface area contributed by atoms with Crippen LogP contribution in [0.2, 0.25) is 18.1 Å². The Labute approximate surface area is 334 Å². The molecule has 1 aliphatic carbocycles. The van der Waals surface area contributed by atoms with Gasteiger partial charge in [0.2, 0.25) is 0 Å². The number of aryl methyl sites for hydroxylation is 1. The number of nitrogens with zero attached hydrogens (tertiary/aromatic N) is 1. The largest absolute Gasteiger partial charge is 0.508 e. The monoisotopic (exact) mass is 802 g/mol. The number of hydrogen-bond donors (Lipinski definition) is 1. The van der Waals surface area contributed by atoms with E-state index in [9.17, 15) is 14.4 Å². The second-order valence-corrected chi connectivity index (χ2v) is 21.8. The first-order chi connectivity index (χ1) is 26.7. The molecule has 0 spiro atoms. The summed E-state index contributed by atoms with van der Waals surface area (Å²) in [4.78, 5) is 40.7. The maximum atomic E-state index is 13.5. The van der Waals surface area contributed by atoms with E-state index in [0.717, 1.165) is 35.3 Å². The van der Waals surface area contributed by atoms with Gasteiger partial charge in [-0.25, -0.2) is 9.59 Å². The van der Waals surface area contributed by atoms with Crippen LogP contribution < -0.4 is 16.0 Å². The van der Waals surface area contributed by atoms with Crippen LogP contribution in [0.4, 0.5) is 4.79 Å². The molecule has 4 aromatic rings. The van der Waals surface area contributed by atoms with Gasteiger partial charge in [-0.05, 0) is 73.1 Å². The number of aromatic nitrogens is 2. The van der Waals surface area contributed by atoms with Gasteiger partial charge in [0.1, 0.15) is 41.6 Å². The Balaban J connectivity index is 1.19. The van der Waals surface area contributed by atoms with Crippen molar-refractivity contribution in [2.24, 2.45) is 0 Å². The van der Waals surface area contributed by atoms with Crippen LogP contribution in [0.3, 0.4) is 0 Å². The van der Waals surface area contributed by atoms with Gasteiger partial charge in [-0.15, -0.1) is 0 Å². The number of hydrogen-bond acceptors (Lipinski definition) is 10. The van der Waals surface area contributed by atoms with Gasteiger partial charge in [0, 0.05) is 30.2 Å². The third-order valence-corrected chi connectivity index (χ3v) is 17.1. The lowest BCUT2D eigenvalue weighted by atomic mass is 9.84. The summed E-state index contributed by atoms with van der Waals surface area (Å²) < 4.78 is 37.8.